The first-order valence-corrected chi connectivity index (χ1v) is 6.90. The molecule has 0 heterocycles. The first kappa shape index (κ1) is 15.5. The van der Waals surface area contributed by atoms with Gasteiger partial charge < -0.3 is 5.73 Å². The van der Waals surface area contributed by atoms with Crippen molar-refractivity contribution >= 4 is 17.4 Å². The lowest BCUT2D eigenvalue weighted by atomic mass is 10.1. The van der Waals surface area contributed by atoms with Gasteiger partial charge in [-0.3, -0.25) is 10.3 Å². The van der Waals surface area contributed by atoms with Crippen LogP contribution in [0.15, 0.2) is 42.5 Å². The van der Waals surface area contributed by atoms with Crippen molar-refractivity contribution < 1.29 is 4.39 Å². The van der Waals surface area contributed by atoms with Gasteiger partial charge in [-0.15, -0.1) is 0 Å². The summed E-state index contributed by atoms with van der Waals surface area (Å²) in [6, 6.07) is 12.0. The van der Waals surface area contributed by atoms with Crippen molar-refractivity contribution in [2.45, 2.75) is 13.1 Å². The Balaban J connectivity index is 2.15. The highest BCUT2D eigenvalue weighted by atomic mass is 35.5. The second-order valence-electron chi connectivity index (χ2n) is 4.98. The Hall–Kier alpha value is -1.91. The largest absolute Gasteiger partial charge is 0.384 e. The molecule has 0 radical (unpaired) electrons. The third kappa shape index (κ3) is 4.03. The number of amidine groups is 1. The number of nitrogens with one attached hydrogen (secondary N) is 1. The van der Waals surface area contributed by atoms with E-state index in [-0.39, 0.29) is 5.84 Å². The normalized spacial score (nSPS) is 10.9. The summed E-state index contributed by atoms with van der Waals surface area (Å²) in [5, 5.41) is 8.26. The molecule has 0 aromatic heterocycles. The van der Waals surface area contributed by atoms with E-state index in [4.69, 9.17) is 22.7 Å². The number of rotatable bonds is 5. The summed E-state index contributed by atoms with van der Waals surface area (Å²) >= 11 is 6.14. The molecule has 0 unspecified atom stereocenters. The van der Waals surface area contributed by atoms with Crippen molar-refractivity contribution in [1.29, 1.82) is 5.41 Å². The molecule has 5 heteroatoms. The van der Waals surface area contributed by atoms with Crippen LogP contribution in [0.2, 0.25) is 5.02 Å². The predicted octanol–water partition coefficient (Wildman–Crippen LogP) is 3.40. The molecule has 0 spiro atoms. The van der Waals surface area contributed by atoms with Crippen LogP contribution in [0.1, 0.15) is 16.7 Å². The first-order valence-electron chi connectivity index (χ1n) is 6.52. The Labute approximate surface area is 128 Å². The summed E-state index contributed by atoms with van der Waals surface area (Å²) in [5.74, 6) is -0.520. The summed E-state index contributed by atoms with van der Waals surface area (Å²) in [6.45, 7) is 1.22. The van der Waals surface area contributed by atoms with E-state index < -0.39 is 5.82 Å². The molecule has 0 saturated heterocycles. The Morgan fingerprint density at radius 1 is 1.19 bits per heavy atom. The smallest absolute Gasteiger partial charge is 0.123 e. The SMILES string of the molecule is CN(Cc1ccccc1Cl)Cc1ccc(F)cc1C(=N)N. The van der Waals surface area contributed by atoms with Crippen LogP contribution >= 0.6 is 11.6 Å². The fourth-order valence-electron chi connectivity index (χ4n) is 2.20. The Morgan fingerprint density at radius 3 is 2.52 bits per heavy atom. The van der Waals surface area contributed by atoms with Crippen LogP contribution in [0.3, 0.4) is 0 Å². The van der Waals surface area contributed by atoms with Gasteiger partial charge in [0.25, 0.3) is 0 Å². The van der Waals surface area contributed by atoms with Crippen LogP contribution in [0, 0.1) is 11.2 Å². The van der Waals surface area contributed by atoms with Crippen LogP contribution in [-0.2, 0) is 13.1 Å². The van der Waals surface area contributed by atoms with Crippen LogP contribution in [-0.4, -0.2) is 17.8 Å². The summed E-state index contributed by atoms with van der Waals surface area (Å²) in [4.78, 5) is 2.04. The zero-order chi connectivity index (χ0) is 15.4. The van der Waals surface area contributed by atoms with Gasteiger partial charge in [-0.05, 0) is 36.4 Å². The maximum atomic E-state index is 13.3. The molecular formula is C16H17ClFN3. The standard InChI is InChI=1S/C16H17ClFN3/c1-21(10-12-4-2-3-5-15(12)17)9-11-6-7-13(18)8-14(11)16(19)20/h2-8H,9-10H2,1H3,(H3,19,20). The van der Waals surface area contributed by atoms with E-state index in [1.54, 1.807) is 6.07 Å². The molecule has 0 saturated carbocycles. The van der Waals surface area contributed by atoms with E-state index in [0.717, 1.165) is 16.1 Å². The van der Waals surface area contributed by atoms with Crippen molar-refractivity contribution in [1.82, 2.24) is 4.90 Å². The van der Waals surface area contributed by atoms with Crippen molar-refractivity contribution in [3.8, 4) is 0 Å². The number of nitrogen functional groups attached to an aromatic ring is 1. The lowest BCUT2D eigenvalue weighted by Crippen LogP contribution is -2.21. The van der Waals surface area contributed by atoms with Crippen LogP contribution in [0.4, 0.5) is 4.39 Å². The van der Waals surface area contributed by atoms with Gasteiger partial charge in [0.2, 0.25) is 0 Å². The molecule has 0 fully saturated rings. The Kier molecular flexibility index (Phi) is 4.94. The summed E-state index contributed by atoms with van der Waals surface area (Å²) in [6.07, 6.45) is 0. The lowest BCUT2D eigenvalue weighted by Gasteiger charge is -2.19. The molecule has 0 amide bonds. The second-order valence-corrected chi connectivity index (χ2v) is 5.39. The van der Waals surface area contributed by atoms with Crippen molar-refractivity contribution in [2.75, 3.05) is 7.05 Å². The van der Waals surface area contributed by atoms with E-state index in [0.29, 0.717) is 18.7 Å². The highest BCUT2D eigenvalue weighted by molar-refractivity contribution is 6.31. The van der Waals surface area contributed by atoms with Gasteiger partial charge in [-0.1, -0.05) is 35.9 Å². The molecule has 2 rings (SSSR count). The van der Waals surface area contributed by atoms with Gasteiger partial charge in [0.05, 0.1) is 0 Å². The molecule has 0 atom stereocenters. The minimum Gasteiger partial charge on any atom is -0.384 e. The van der Waals surface area contributed by atoms with E-state index in [2.05, 4.69) is 0 Å². The molecule has 110 valence electrons. The zero-order valence-electron chi connectivity index (χ0n) is 11.7. The zero-order valence-corrected chi connectivity index (χ0v) is 12.5. The molecule has 0 bridgehead atoms. The molecular weight excluding hydrogens is 289 g/mol. The number of benzene rings is 2. The lowest BCUT2D eigenvalue weighted by molar-refractivity contribution is 0.319. The maximum Gasteiger partial charge on any atom is 0.123 e. The van der Waals surface area contributed by atoms with Crippen molar-refractivity contribution in [2.24, 2.45) is 5.73 Å². The molecule has 21 heavy (non-hydrogen) atoms. The molecule has 3 nitrogen and oxygen atoms in total. The Bertz CT molecular complexity index is 658. The number of hydrogen-bond donors (Lipinski definition) is 2. The molecule has 2 aromatic rings. The number of hydrogen-bond acceptors (Lipinski definition) is 2. The third-order valence-electron chi connectivity index (χ3n) is 3.20. The molecule has 0 aliphatic rings. The number of nitrogens with zero attached hydrogens (tertiary/aromatic N) is 1. The van der Waals surface area contributed by atoms with Gasteiger partial charge in [0, 0.05) is 23.7 Å². The van der Waals surface area contributed by atoms with Crippen LogP contribution in [0.25, 0.3) is 0 Å². The van der Waals surface area contributed by atoms with E-state index in [1.807, 2.05) is 36.2 Å². The summed E-state index contributed by atoms with van der Waals surface area (Å²) in [7, 11) is 1.94. The van der Waals surface area contributed by atoms with Crippen LogP contribution < -0.4 is 5.73 Å². The topological polar surface area (TPSA) is 53.1 Å². The van der Waals surface area contributed by atoms with Crippen molar-refractivity contribution in [3.05, 3.63) is 70.0 Å². The fourth-order valence-corrected chi connectivity index (χ4v) is 2.40. The van der Waals surface area contributed by atoms with Crippen molar-refractivity contribution in [3.63, 3.8) is 0 Å². The third-order valence-corrected chi connectivity index (χ3v) is 3.57. The monoisotopic (exact) mass is 305 g/mol. The predicted molar refractivity (Wildman–Crippen MR) is 84.0 cm³/mol. The van der Waals surface area contributed by atoms with Gasteiger partial charge in [0.1, 0.15) is 11.7 Å². The highest BCUT2D eigenvalue weighted by Crippen LogP contribution is 2.19. The quantitative estimate of drug-likeness (QED) is 0.657. The molecule has 0 aliphatic carbocycles. The van der Waals surface area contributed by atoms with E-state index in [9.17, 15) is 4.39 Å². The number of halogens is 2. The van der Waals surface area contributed by atoms with Gasteiger partial charge in [-0.2, -0.15) is 0 Å². The molecule has 2 aromatic carbocycles. The van der Waals surface area contributed by atoms with Crippen LogP contribution in [0.5, 0.6) is 0 Å². The summed E-state index contributed by atoms with van der Waals surface area (Å²) < 4.78 is 13.3. The maximum absolute atomic E-state index is 13.3. The Morgan fingerprint density at radius 2 is 1.86 bits per heavy atom. The second kappa shape index (κ2) is 6.70. The molecule has 0 aliphatic heterocycles. The minimum absolute atomic E-state index is 0.129. The van der Waals surface area contributed by atoms with Gasteiger partial charge >= 0.3 is 0 Å². The van der Waals surface area contributed by atoms with Gasteiger partial charge in [0.15, 0.2) is 0 Å². The average Bonchev–Trinajstić information content (AvgIpc) is 2.43. The summed E-state index contributed by atoms with van der Waals surface area (Å²) in [5.41, 5.74) is 7.78. The van der Waals surface area contributed by atoms with E-state index in [1.165, 1.54) is 12.1 Å². The highest BCUT2D eigenvalue weighted by Gasteiger charge is 2.10. The minimum atomic E-state index is -0.391. The average molecular weight is 306 g/mol. The fraction of sp³-hybridized carbons (Fsp3) is 0.188. The molecule has 3 N–H and O–H groups in total. The van der Waals surface area contributed by atoms with Gasteiger partial charge in [-0.25, -0.2) is 4.39 Å². The first-order chi connectivity index (χ1) is 9.97. The number of nitrogens with two attached hydrogens (primary N) is 1. The van der Waals surface area contributed by atoms with E-state index >= 15 is 0 Å².